The maximum Gasteiger partial charge on any atom is 0.256 e. The van der Waals surface area contributed by atoms with Gasteiger partial charge in [0.1, 0.15) is 5.82 Å². The molecular weight excluding hydrogens is 205 g/mol. The largest absolute Gasteiger partial charge is 0.326 e. The summed E-state index contributed by atoms with van der Waals surface area (Å²) in [7, 11) is 0. The number of H-pyrrole nitrogens is 1. The van der Waals surface area contributed by atoms with E-state index in [2.05, 4.69) is 11.9 Å². The fourth-order valence-electron chi connectivity index (χ4n) is 1.88. The van der Waals surface area contributed by atoms with Gasteiger partial charge in [-0.3, -0.25) is 4.79 Å². The summed E-state index contributed by atoms with van der Waals surface area (Å²) >= 11 is 0. The van der Waals surface area contributed by atoms with Crippen molar-refractivity contribution in [1.29, 1.82) is 0 Å². The Balaban J connectivity index is 2.77. The third kappa shape index (κ3) is 1.85. The number of halogens is 1. The van der Waals surface area contributed by atoms with E-state index in [-0.39, 0.29) is 11.4 Å². The van der Waals surface area contributed by atoms with Crippen molar-refractivity contribution < 1.29 is 4.39 Å². The second-order valence-electron chi connectivity index (χ2n) is 3.91. The zero-order valence-corrected chi connectivity index (χ0v) is 9.14. The second-order valence-corrected chi connectivity index (χ2v) is 3.91. The zero-order valence-electron chi connectivity index (χ0n) is 9.14. The number of aryl methyl sites for hydroxylation is 2. The lowest BCUT2D eigenvalue weighted by molar-refractivity contribution is 0.628. The average molecular weight is 218 g/mol. The first-order valence-corrected chi connectivity index (χ1v) is 5.23. The highest BCUT2D eigenvalue weighted by atomic mass is 19.1. The van der Waals surface area contributed by atoms with Crippen molar-refractivity contribution in [3.8, 4) is 0 Å². The third-order valence-electron chi connectivity index (χ3n) is 2.64. The molecule has 1 N–H and O–H groups in total. The number of benzene rings is 1. The van der Waals surface area contributed by atoms with Crippen LogP contribution in [0.1, 0.15) is 17.7 Å². The van der Waals surface area contributed by atoms with Gasteiger partial charge >= 0.3 is 0 Å². The molecule has 0 fully saturated rings. The van der Waals surface area contributed by atoms with Crippen LogP contribution < -0.4 is 5.56 Å². The highest BCUT2D eigenvalue weighted by Crippen LogP contribution is 2.18. The van der Waals surface area contributed by atoms with E-state index in [1.54, 1.807) is 6.92 Å². The Hall–Kier alpha value is -1.64. The molecule has 83 valence electrons. The van der Waals surface area contributed by atoms with E-state index in [0.29, 0.717) is 5.39 Å². The van der Waals surface area contributed by atoms with Crippen LogP contribution in [-0.2, 0) is 6.42 Å². The molecule has 1 aromatic heterocycles. The SMILES string of the molecule is [CH2]CCc1cc2c(C)cc(F)cc2c(=O)[nH]1. The van der Waals surface area contributed by atoms with Gasteiger partial charge < -0.3 is 4.98 Å². The Morgan fingerprint density at radius 2 is 2.06 bits per heavy atom. The number of hydrogen-bond acceptors (Lipinski definition) is 1. The van der Waals surface area contributed by atoms with Gasteiger partial charge in [0.05, 0.1) is 5.39 Å². The van der Waals surface area contributed by atoms with Crippen molar-refractivity contribution in [1.82, 2.24) is 4.98 Å². The Morgan fingerprint density at radius 1 is 1.31 bits per heavy atom. The fraction of sp³-hybridized carbons (Fsp3) is 0.231. The highest BCUT2D eigenvalue weighted by Gasteiger charge is 2.06. The van der Waals surface area contributed by atoms with E-state index in [9.17, 15) is 9.18 Å². The van der Waals surface area contributed by atoms with Crippen LogP contribution in [0.2, 0.25) is 0 Å². The standard InChI is InChI=1S/C13H13FNO/c1-3-4-10-7-11-8(2)5-9(14)6-12(11)13(16)15-10/h5-7H,1,3-4H2,2H3,(H,15,16). The molecule has 2 aromatic rings. The molecule has 2 rings (SSSR count). The summed E-state index contributed by atoms with van der Waals surface area (Å²) in [6.45, 7) is 5.55. The van der Waals surface area contributed by atoms with Gasteiger partial charge in [0, 0.05) is 5.69 Å². The van der Waals surface area contributed by atoms with Crippen molar-refractivity contribution >= 4 is 10.8 Å². The highest BCUT2D eigenvalue weighted by molar-refractivity contribution is 5.85. The van der Waals surface area contributed by atoms with Crippen LogP contribution in [0.15, 0.2) is 23.0 Å². The van der Waals surface area contributed by atoms with Crippen LogP contribution in [0.25, 0.3) is 10.8 Å². The molecule has 0 unspecified atom stereocenters. The first-order valence-electron chi connectivity index (χ1n) is 5.23. The number of hydrogen-bond donors (Lipinski definition) is 1. The van der Waals surface area contributed by atoms with Gasteiger partial charge in [-0.2, -0.15) is 0 Å². The molecule has 0 saturated heterocycles. The minimum absolute atomic E-state index is 0.233. The summed E-state index contributed by atoms with van der Waals surface area (Å²) in [6, 6.07) is 4.61. The molecular formula is C13H13FNO. The summed E-state index contributed by atoms with van der Waals surface area (Å²) in [4.78, 5) is 14.5. The van der Waals surface area contributed by atoms with E-state index >= 15 is 0 Å². The van der Waals surface area contributed by atoms with Gasteiger partial charge in [-0.1, -0.05) is 6.92 Å². The fourth-order valence-corrected chi connectivity index (χ4v) is 1.88. The smallest absolute Gasteiger partial charge is 0.256 e. The maximum atomic E-state index is 13.2. The number of nitrogens with one attached hydrogen (secondary N) is 1. The predicted octanol–water partition coefficient (Wildman–Crippen LogP) is 2.74. The molecule has 1 radical (unpaired) electrons. The van der Waals surface area contributed by atoms with Gasteiger partial charge in [0.25, 0.3) is 5.56 Å². The molecule has 1 aromatic carbocycles. The second kappa shape index (κ2) is 4.08. The predicted molar refractivity (Wildman–Crippen MR) is 62.9 cm³/mol. The van der Waals surface area contributed by atoms with Crippen LogP contribution in [0.4, 0.5) is 4.39 Å². The summed E-state index contributed by atoms with van der Waals surface area (Å²) in [5.41, 5.74) is 1.40. The molecule has 3 heteroatoms. The molecule has 0 spiro atoms. The van der Waals surface area contributed by atoms with E-state index in [1.807, 2.05) is 6.07 Å². The average Bonchev–Trinajstić information content (AvgIpc) is 2.20. The lowest BCUT2D eigenvalue weighted by atomic mass is 10.0. The van der Waals surface area contributed by atoms with Crippen molar-refractivity contribution in [2.24, 2.45) is 0 Å². The molecule has 0 atom stereocenters. The maximum absolute atomic E-state index is 13.2. The van der Waals surface area contributed by atoms with E-state index in [1.165, 1.54) is 12.1 Å². The Morgan fingerprint density at radius 3 is 2.75 bits per heavy atom. The number of aromatic nitrogens is 1. The molecule has 16 heavy (non-hydrogen) atoms. The van der Waals surface area contributed by atoms with Crippen molar-refractivity contribution in [3.63, 3.8) is 0 Å². The molecule has 0 aliphatic rings. The first kappa shape index (κ1) is 10.9. The van der Waals surface area contributed by atoms with Crippen molar-refractivity contribution in [2.75, 3.05) is 0 Å². The molecule has 1 heterocycles. The van der Waals surface area contributed by atoms with E-state index in [0.717, 1.165) is 29.5 Å². The van der Waals surface area contributed by atoms with Crippen molar-refractivity contribution in [2.45, 2.75) is 19.8 Å². The summed E-state index contributed by atoms with van der Waals surface area (Å²) in [5, 5.41) is 1.22. The molecule has 2 nitrogen and oxygen atoms in total. The lowest BCUT2D eigenvalue weighted by Gasteiger charge is -2.05. The minimum Gasteiger partial charge on any atom is -0.326 e. The Labute approximate surface area is 93.1 Å². The first-order chi connectivity index (χ1) is 7.61. The molecule has 0 bridgehead atoms. The number of pyridine rings is 1. The van der Waals surface area contributed by atoms with E-state index < -0.39 is 0 Å². The number of fused-ring (bicyclic) bond motifs is 1. The molecule has 0 saturated carbocycles. The monoisotopic (exact) mass is 218 g/mol. The third-order valence-corrected chi connectivity index (χ3v) is 2.64. The normalized spacial score (nSPS) is 10.9. The van der Waals surface area contributed by atoms with Gasteiger partial charge in [0.2, 0.25) is 0 Å². The number of rotatable bonds is 2. The van der Waals surface area contributed by atoms with E-state index in [4.69, 9.17) is 0 Å². The minimum atomic E-state index is -0.375. The lowest BCUT2D eigenvalue weighted by Crippen LogP contribution is -2.10. The quantitative estimate of drug-likeness (QED) is 0.826. The van der Waals surface area contributed by atoms with Crippen LogP contribution in [0.5, 0.6) is 0 Å². The van der Waals surface area contributed by atoms with Crippen LogP contribution in [0.3, 0.4) is 0 Å². The number of aromatic amines is 1. The molecule has 0 aliphatic carbocycles. The Kier molecular flexibility index (Phi) is 2.77. The van der Waals surface area contributed by atoms with Crippen LogP contribution in [0, 0.1) is 19.7 Å². The van der Waals surface area contributed by atoms with Crippen LogP contribution in [-0.4, -0.2) is 4.98 Å². The topological polar surface area (TPSA) is 32.9 Å². The van der Waals surface area contributed by atoms with Gasteiger partial charge in [-0.05, 0) is 48.9 Å². The molecule has 0 amide bonds. The Bertz CT molecular complexity index is 586. The summed E-state index contributed by atoms with van der Waals surface area (Å²) in [5.74, 6) is -0.375. The van der Waals surface area contributed by atoms with Gasteiger partial charge in [0.15, 0.2) is 0 Å². The van der Waals surface area contributed by atoms with Crippen molar-refractivity contribution in [3.05, 3.63) is 52.6 Å². The van der Waals surface area contributed by atoms with Gasteiger partial charge in [-0.25, -0.2) is 4.39 Å². The summed E-state index contributed by atoms with van der Waals surface area (Å²) in [6.07, 6.45) is 1.45. The molecule has 0 aliphatic heterocycles. The van der Waals surface area contributed by atoms with Gasteiger partial charge in [-0.15, -0.1) is 0 Å². The summed E-state index contributed by atoms with van der Waals surface area (Å²) < 4.78 is 13.2. The zero-order chi connectivity index (χ0) is 11.7. The van der Waals surface area contributed by atoms with Crippen LogP contribution >= 0.6 is 0 Å².